The second-order valence-electron chi connectivity index (χ2n) is 3.08. The van der Waals surface area contributed by atoms with Gasteiger partial charge in [-0.2, -0.15) is 0 Å². The molecule has 0 aliphatic carbocycles. The van der Waals surface area contributed by atoms with Crippen molar-refractivity contribution in [1.82, 2.24) is 0 Å². The molecule has 0 fully saturated rings. The van der Waals surface area contributed by atoms with Gasteiger partial charge in [-0.15, -0.1) is 0 Å². The van der Waals surface area contributed by atoms with Crippen LogP contribution in [0.25, 0.3) is 0 Å². The van der Waals surface area contributed by atoms with Crippen LogP contribution in [0.5, 0.6) is 0 Å². The van der Waals surface area contributed by atoms with Crippen molar-refractivity contribution in [3.63, 3.8) is 0 Å². The number of ketones is 1. The van der Waals surface area contributed by atoms with Crippen LogP contribution in [0.2, 0.25) is 0 Å². The molecular formula is C10H13BrN2O. The maximum absolute atomic E-state index is 11.1. The molecule has 2 N–H and O–H groups in total. The second kappa shape index (κ2) is 5.12. The Morgan fingerprint density at radius 1 is 1.43 bits per heavy atom. The van der Waals surface area contributed by atoms with E-state index in [0.29, 0.717) is 6.54 Å². The molecule has 0 spiro atoms. The summed E-state index contributed by atoms with van der Waals surface area (Å²) in [6, 6.07) is 7.79. The van der Waals surface area contributed by atoms with E-state index in [1.54, 1.807) is 0 Å². The third-order valence-electron chi connectivity index (χ3n) is 1.91. The number of halogens is 1. The van der Waals surface area contributed by atoms with Crippen molar-refractivity contribution in [2.45, 2.75) is 0 Å². The van der Waals surface area contributed by atoms with Gasteiger partial charge in [-0.05, 0) is 24.3 Å². The molecule has 0 atom stereocenters. The number of hydrogen-bond acceptors (Lipinski definition) is 3. The zero-order valence-corrected chi connectivity index (χ0v) is 9.62. The SMILES string of the molecule is CN(CC(=O)CN)c1ccc(Br)cc1. The lowest BCUT2D eigenvalue weighted by Crippen LogP contribution is -2.29. The summed E-state index contributed by atoms with van der Waals surface area (Å²) in [4.78, 5) is 13.0. The van der Waals surface area contributed by atoms with Crippen molar-refractivity contribution in [3.8, 4) is 0 Å². The van der Waals surface area contributed by atoms with E-state index in [1.807, 2.05) is 36.2 Å². The van der Waals surface area contributed by atoms with Gasteiger partial charge in [0, 0.05) is 17.2 Å². The molecule has 0 bridgehead atoms. The topological polar surface area (TPSA) is 46.3 Å². The van der Waals surface area contributed by atoms with Crippen LogP contribution >= 0.6 is 15.9 Å². The van der Waals surface area contributed by atoms with Gasteiger partial charge in [0.05, 0.1) is 13.1 Å². The molecule has 4 heteroatoms. The molecule has 0 aliphatic heterocycles. The smallest absolute Gasteiger partial charge is 0.165 e. The number of carbonyl (C=O) groups is 1. The fraction of sp³-hybridized carbons (Fsp3) is 0.300. The Balaban J connectivity index is 2.65. The van der Waals surface area contributed by atoms with Gasteiger partial charge in [-0.3, -0.25) is 4.79 Å². The minimum Gasteiger partial charge on any atom is -0.367 e. The number of carbonyl (C=O) groups excluding carboxylic acids is 1. The van der Waals surface area contributed by atoms with E-state index in [0.717, 1.165) is 10.2 Å². The van der Waals surface area contributed by atoms with E-state index in [2.05, 4.69) is 15.9 Å². The lowest BCUT2D eigenvalue weighted by Gasteiger charge is -2.17. The van der Waals surface area contributed by atoms with Crippen molar-refractivity contribution >= 4 is 27.4 Å². The van der Waals surface area contributed by atoms with Crippen LogP contribution in [0.4, 0.5) is 5.69 Å². The predicted octanol–water partition coefficient (Wildman–Crippen LogP) is 1.41. The highest BCUT2D eigenvalue weighted by Gasteiger charge is 2.04. The van der Waals surface area contributed by atoms with Gasteiger partial charge in [-0.1, -0.05) is 15.9 Å². The van der Waals surface area contributed by atoms with Crippen LogP contribution in [0.3, 0.4) is 0 Å². The first kappa shape index (κ1) is 11.2. The molecule has 1 rings (SSSR count). The summed E-state index contributed by atoms with van der Waals surface area (Å²) in [7, 11) is 1.87. The maximum atomic E-state index is 11.1. The highest BCUT2D eigenvalue weighted by atomic mass is 79.9. The molecular weight excluding hydrogens is 244 g/mol. The van der Waals surface area contributed by atoms with Gasteiger partial charge in [0.25, 0.3) is 0 Å². The quantitative estimate of drug-likeness (QED) is 0.887. The minimum atomic E-state index is 0.0374. The summed E-state index contributed by atoms with van der Waals surface area (Å²) >= 11 is 3.35. The van der Waals surface area contributed by atoms with E-state index in [9.17, 15) is 4.79 Å². The van der Waals surface area contributed by atoms with Crippen LogP contribution in [-0.4, -0.2) is 25.9 Å². The average Bonchev–Trinajstić information content (AvgIpc) is 2.18. The van der Waals surface area contributed by atoms with Crippen molar-refractivity contribution in [2.75, 3.05) is 25.0 Å². The van der Waals surface area contributed by atoms with Crippen LogP contribution < -0.4 is 10.6 Å². The summed E-state index contributed by atoms with van der Waals surface area (Å²) in [5.41, 5.74) is 6.25. The Bertz CT molecular complexity index is 310. The molecule has 1 aromatic carbocycles. The molecule has 0 unspecified atom stereocenters. The molecule has 1 aromatic rings. The Morgan fingerprint density at radius 2 is 2.00 bits per heavy atom. The second-order valence-corrected chi connectivity index (χ2v) is 3.99. The number of Topliss-reactive ketones (excluding diaryl/α,β-unsaturated/α-hetero) is 1. The van der Waals surface area contributed by atoms with Crippen LogP contribution in [0, 0.1) is 0 Å². The van der Waals surface area contributed by atoms with Crippen molar-refractivity contribution in [3.05, 3.63) is 28.7 Å². The van der Waals surface area contributed by atoms with E-state index in [-0.39, 0.29) is 12.3 Å². The molecule has 0 heterocycles. The van der Waals surface area contributed by atoms with Crippen molar-refractivity contribution in [1.29, 1.82) is 0 Å². The predicted molar refractivity (Wildman–Crippen MR) is 61.5 cm³/mol. The Hall–Kier alpha value is -0.870. The number of hydrogen-bond donors (Lipinski definition) is 1. The highest BCUT2D eigenvalue weighted by molar-refractivity contribution is 9.10. The van der Waals surface area contributed by atoms with Gasteiger partial charge < -0.3 is 10.6 Å². The molecule has 76 valence electrons. The first-order valence-corrected chi connectivity index (χ1v) is 5.11. The van der Waals surface area contributed by atoms with E-state index in [1.165, 1.54) is 0 Å². The monoisotopic (exact) mass is 256 g/mol. The van der Waals surface area contributed by atoms with Gasteiger partial charge in [0.2, 0.25) is 0 Å². The lowest BCUT2D eigenvalue weighted by molar-refractivity contribution is -0.116. The zero-order valence-electron chi connectivity index (χ0n) is 8.03. The molecule has 0 aliphatic rings. The van der Waals surface area contributed by atoms with Crippen LogP contribution in [0.15, 0.2) is 28.7 Å². The molecule has 0 radical (unpaired) electrons. The summed E-state index contributed by atoms with van der Waals surface area (Å²) < 4.78 is 1.03. The third-order valence-corrected chi connectivity index (χ3v) is 2.44. The molecule has 14 heavy (non-hydrogen) atoms. The Kier molecular flexibility index (Phi) is 4.10. The number of nitrogens with two attached hydrogens (primary N) is 1. The fourth-order valence-electron chi connectivity index (χ4n) is 1.12. The Labute approximate surface area is 92.0 Å². The number of rotatable bonds is 4. The molecule has 0 amide bonds. The number of likely N-dealkylation sites (N-methyl/N-ethyl adjacent to an activating group) is 1. The van der Waals surface area contributed by atoms with Gasteiger partial charge in [-0.25, -0.2) is 0 Å². The lowest BCUT2D eigenvalue weighted by atomic mass is 10.3. The molecule has 0 saturated carbocycles. The number of anilines is 1. The standard InChI is InChI=1S/C10H13BrN2O/c1-13(7-10(14)6-12)9-4-2-8(11)3-5-9/h2-5H,6-7,12H2,1H3. The van der Waals surface area contributed by atoms with Gasteiger partial charge in [0.15, 0.2) is 5.78 Å². The largest absolute Gasteiger partial charge is 0.367 e. The van der Waals surface area contributed by atoms with E-state index in [4.69, 9.17) is 5.73 Å². The summed E-state index contributed by atoms with van der Waals surface area (Å²) in [5.74, 6) is 0.0374. The number of nitrogens with zero attached hydrogens (tertiary/aromatic N) is 1. The van der Waals surface area contributed by atoms with Gasteiger partial charge >= 0.3 is 0 Å². The highest BCUT2D eigenvalue weighted by Crippen LogP contribution is 2.16. The fourth-order valence-corrected chi connectivity index (χ4v) is 1.38. The summed E-state index contributed by atoms with van der Waals surface area (Å²) in [6.45, 7) is 0.457. The van der Waals surface area contributed by atoms with Crippen LogP contribution in [0.1, 0.15) is 0 Å². The number of benzene rings is 1. The molecule has 0 saturated heterocycles. The summed E-state index contributed by atoms with van der Waals surface area (Å²) in [5, 5.41) is 0. The normalized spacial score (nSPS) is 9.93. The van der Waals surface area contributed by atoms with Gasteiger partial charge in [0.1, 0.15) is 0 Å². The van der Waals surface area contributed by atoms with E-state index >= 15 is 0 Å². The summed E-state index contributed by atoms with van der Waals surface area (Å²) in [6.07, 6.45) is 0. The minimum absolute atomic E-state index is 0.0374. The first-order valence-electron chi connectivity index (χ1n) is 4.32. The first-order chi connectivity index (χ1) is 6.63. The average molecular weight is 257 g/mol. The molecule has 3 nitrogen and oxygen atoms in total. The van der Waals surface area contributed by atoms with Crippen molar-refractivity contribution in [2.24, 2.45) is 5.73 Å². The molecule has 0 aromatic heterocycles. The maximum Gasteiger partial charge on any atom is 0.165 e. The third kappa shape index (κ3) is 3.12. The zero-order chi connectivity index (χ0) is 10.6. The van der Waals surface area contributed by atoms with Crippen molar-refractivity contribution < 1.29 is 4.79 Å². The van der Waals surface area contributed by atoms with Crippen LogP contribution in [-0.2, 0) is 4.79 Å². The van der Waals surface area contributed by atoms with E-state index < -0.39 is 0 Å². The Morgan fingerprint density at radius 3 is 2.50 bits per heavy atom.